The number of para-hydroxylation sites is 2. The van der Waals surface area contributed by atoms with Gasteiger partial charge in [-0.15, -0.1) is 0 Å². The molecule has 0 saturated carbocycles. The quantitative estimate of drug-likeness (QED) is 0.539. The SMILES string of the molecule is Cc1ccc(C)c(OCCNC(=O)[C@H]2CN(S(=O)(=O)c3ccccc3)c3ccccc3O2)c1. The summed E-state index contributed by atoms with van der Waals surface area (Å²) in [6, 6.07) is 20.9. The molecule has 0 radical (unpaired) electrons. The molecule has 3 aromatic carbocycles. The van der Waals surface area contributed by atoms with E-state index in [4.69, 9.17) is 9.47 Å². The zero-order valence-corrected chi connectivity index (χ0v) is 19.3. The summed E-state index contributed by atoms with van der Waals surface area (Å²) in [5, 5.41) is 2.79. The second-order valence-corrected chi connectivity index (χ2v) is 9.69. The number of nitrogens with zero attached hydrogens (tertiary/aromatic N) is 1. The Morgan fingerprint density at radius 3 is 2.58 bits per heavy atom. The van der Waals surface area contributed by atoms with Crippen LogP contribution in [0.25, 0.3) is 0 Å². The van der Waals surface area contributed by atoms with E-state index in [2.05, 4.69) is 5.32 Å². The van der Waals surface area contributed by atoms with Crippen LogP contribution in [0.4, 0.5) is 5.69 Å². The number of ether oxygens (including phenoxy) is 2. The van der Waals surface area contributed by atoms with Crippen LogP contribution in [-0.4, -0.2) is 40.1 Å². The molecule has 0 aromatic heterocycles. The van der Waals surface area contributed by atoms with Gasteiger partial charge in [-0.1, -0.05) is 42.5 Å². The molecular formula is C25H26N2O5S. The molecule has 1 aliphatic heterocycles. The number of carbonyl (C=O) groups is 1. The molecule has 7 nitrogen and oxygen atoms in total. The van der Waals surface area contributed by atoms with E-state index in [9.17, 15) is 13.2 Å². The minimum absolute atomic E-state index is 0.127. The van der Waals surface area contributed by atoms with Crippen molar-refractivity contribution in [3.8, 4) is 11.5 Å². The van der Waals surface area contributed by atoms with Crippen molar-refractivity contribution < 1.29 is 22.7 Å². The van der Waals surface area contributed by atoms with Crippen LogP contribution in [0.1, 0.15) is 11.1 Å². The van der Waals surface area contributed by atoms with Gasteiger partial charge in [-0.2, -0.15) is 0 Å². The summed E-state index contributed by atoms with van der Waals surface area (Å²) in [5.74, 6) is 0.713. The summed E-state index contributed by atoms with van der Waals surface area (Å²) in [4.78, 5) is 13.0. The van der Waals surface area contributed by atoms with E-state index in [1.54, 1.807) is 42.5 Å². The first-order valence-electron chi connectivity index (χ1n) is 10.7. The fourth-order valence-electron chi connectivity index (χ4n) is 3.60. The van der Waals surface area contributed by atoms with Crippen molar-refractivity contribution in [1.29, 1.82) is 0 Å². The topological polar surface area (TPSA) is 84.9 Å². The van der Waals surface area contributed by atoms with E-state index >= 15 is 0 Å². The summed E-state index contributed by atoms with van der Waals surface area (Å²) in [6.45, 7) is 4.37. The molecule has 4 rings (SSSR count). The van der Waals surface area contributed by atoms with Gasteiger partial charge in [0.1, 0.15) is 18.1 Å². The van der Waals surface area contributed by atoms with Gasteiger partial charge in [-0.3, -0.25) is 9.10 Å². The number of fused-ring (bicyclic) bond motifs is 1. The van der Waals surface area contributed by atoms with E-state index in [1.807, 2.05) is 32.0 Å². The molecule has 3 aromatic rings. The maximum Gasteiger partial charge on any atom is 0.264 e. The Morgan fingerprint density at radius 2 is 1.79 bits per heavy atom. The largest absolute Gasteiger partial charge is 0.491 e. The monoisotopic (exact) mass is 466 g/mol. The van der Waals surface area contributed by atoms with Crippen LogP contribution in [-0.2, 0) is 14.8 Å². The fourth-order valence-corrected chi connectivity index (χ4v) is 5.09. The third kappa shape index (κ3) is 4.96. The van der Waals surface area contributed by atoms with Crippen molar-refractivity contribution in [1.82, 2.24) is 5.32 Å². The molecule has 0 unspecified atom stereocenters. The van der Waals surface area contributed by atoms with Gasteiger partial charge in [0.25, 0.3) is 15.9 Å². The Balaban J connectivity index is 1.45. The highest BCUT2D eigenvalue weighted by molar-refractivity contribution is 7.92. The van der Waals surface area contributed by atoms with Gasteiger partial charge in [-0.25, -0.2) is 8.42 Å². The molecule has 1 atom stereocenters. The molecule has 0 fully saturated rings. The van der Waals surface area contributed by atoms with E-state index in [-0.39, 0.29) is 24.6 Å². The van der Waals surface area contributed by atoms with E-state index < -0.39 is 22.0 Å². The number of benzene rings is 3. The van der Waals surface area contributed by atoms with Crippen molar-refractivity contribution in [3.63, 3.8) is 0 Å². The molecule has 1 heterocycles. The molecule has 33 heavy (non-hydrogen) atoms. The van der Waals surface area contributed by atoms with Crippen molar-refractivity contribution in [2.45, 2.75) is 24.8 Å². The molecule has 0 aliphatic carbocycles. The average Bonchev–Trinajstić information content (AvgIpc) is 2.83. The van der Waals surface area contributed by atoms with Crippen LogP contribution in [0, 0.1) is 13.8 Å². The number of amides is 1. The molecule has 1 N–H and O–H groups in total. The molecule has 1 aliphatic rings. The van der Waals surface area contributed by atoms with Gasteiger partial charge in [0.2, 0.25) is 0 Å². The number of anilines is 1. The molecule has 0 saturated heterocycles. The predicted octanol–water partition coefficient (Wildman–Crippen LogP) is 3.45. The first-order valence-corrected chi connectivity index (χ1v) is 12.1. The highest BCUT2D eigenvalue weighted by Crippen LogP contribution is 2.36. The Labute approximate surface area is 194 Å². The molecule has 172 valence electrons. The van der Waals surface area contributed by atoms with E-state index in [1.165, 1.54) is 16.4 Å². The van der Waals surface area contributed by atoms with Crippen molar-refractivity contribution >= 4 is 21.6 Å². The lowest BCUT2D eigenvalue weighted by Crippen LogP contribution is -2.51. The van der Waals surface area contributed by atoms with Gasteiger partial charge in [0.05, 0.1) is 23.7 Å². The standard InChI is InChI=1S/C25H26N2O5S/c1-18-12-13-19(2)23(16-18)31-15-14-26-25(28)24-17-27(21-10-6-7-11-22(21)32-24)33(29,30)20-8-4-3-5-9-20/h3-13,16,24H,14-15,17H2,1-2H3,(H,26,28)/t24-/m1/s1. The van der Waals surface area contributed by atoms with Gasteiger partial charge >= 0.3 is 0 Å². The second kappa shape index (κ2) is 9.54. The number of rotatable bonds is 7. The summed E-state index contributed by atoms with van der Waals surface area (Å²) in [6.07, 6.45) is -0.987. The number of nitrogens with one attached hydrogen (secondary N) is 1. The van der Waals surface area contributed by atoms with Crippen LogP contribution in [0.5, 0.6) is 11.5 Å². The number of hydrogen-bond donors (Lipinski definition) is 1. The zero-order valence-electron chi connectivity index (χ0n) is 18.5. The number of aryl methyl sites for hydroxylation is 2. The predicted molar refractivity (Wildman–Crippen MR) is 126 cm³/mol. The Morgan fingerprint density at radius 1 is 1.06 bits per heavy atom. The van der Waals surface area contributed by atoms with Gasteiger partial charge in [0, 0.05) is 0 Å². The Kier molecular flexibility index (Phi) is 6.55. The molecule has 0 spiro atoms. The maximum atomic E-state index is 13.3. The molecular weight excluding hydrogens is 440 g/mol. The van der Waals surface area contributed by atoms with Crippen molar-refractivity contribution in [2.75, 3.05) is 24.0 Å². The van der Waals surface area contributed by atoms with Crippen LogP contribution in [0.2, 0.25) is 0 Å². The average molecular weight is 467 g/mol. The van der Waals surface area contributed by atoms with E-state index in [0.717, 1.165) is 16.9 Å². The smallest absolute Gasteiger partial charge is 0.264 e. The number of hydrogen-bond acceptors (Lipinski definition) is 5. The third-order valence-corrected chi connectivity index (χ3v) is 7.15. The summed E-state index contributed by atoms with van der Waals surface area (Å²) in [7, 11) is -3.86. The molecule has 0 bridgehead atoms. The lowest BCUT2D eigenvalue weighted by atomic mass is 10.1. The van der Waals surface area contributed by atoms with Gasteiger partial charge in [0.15, 0.2) is 6.10 Å². The lowest BCUT2D eigenvalue weighted by Gasteiger charge is -2.34. The lowest BCUT2D eigenvalue weighted by molar-refractivity contribution is -0.127. The molecule has 1 amide bonds. The highest BCUT2D eigenvalue weighted by Gasteiger charge is 2.37. The minimum atomic E-state index is -3.86. The van der Waals surface area contributed by atoms with Gasteiger partial charge < -0.3 is 14.8 Å². The zero-order chi connectivity index (χ0) is 23.4. The van der Waals surface area contributed by atoms with Crippen LogP contribution in [0.15, 0.2) is 77.7 Å². The van der Waals surface area contributed by atoms with Crippen LogP contribution < -0.4 is 19.1 Å². The Hall–Kier alpha value is -3.52. The molecule has 8 heteroatoms. The first-order chi connectivity index (χ1) is 15.9. The fraction of sp³-hybridized carbons (Fsp3) is 0.240. The maximum absolute atomic E-state index is 13.3. The summed E-state index contributed by atoms with van der Waals surface area (Å²) in [5.41, 5.74) is 2.51. The third-order valence-electron chi connectivity index (χ3n) is 5.36. The Bertz CT molecular complexity index is 1240. The van der Waals surface area contributed by atoms with Gasteiger partial charge in [-0.05, 0) is 55.3 Å². The normalized spacial score (nSPS) is 15.3. The summed E-state index contributed by atoms with van der Waals surface area (Å²) >= 11 is 0. The van der Waals surface area contributed by atoms with E-state index in [0.29, 0.717) is 11.4 Å². The second-order valence-electron chi connectivity index (χ2n) is 7.83. The van der Waals surface area contributed by atoms with Crippen molar-refractivity contribution in [2.24, 2.45) is 0 Å². The van der Waals surface area contributed by atoms with Crippen LogP contribution >= 0.6 is 0 Å². The minimum Gasteiger partial charge on any atom is -0.491 e. The number of sulfonamides is 1. The van der Waals surface area contributed by atoms with Crippen molar-refractivity contribution in [3.05, 3.63) is 83.9 Å². The highest BCUT2D eigenvalue weighted by atomic mass is 32.2. The first kappa shape index (κ1) is 22.7. The summed E-state index contributed by atoms with van der Waals surface area (Å²) < 4.78 is 39.5. The van der Waals surface area contributed by atoms with Crippen LogP contribution in [0.3, 0.4) is 0 Å². The number of carbonyl (C=O) groups excluding carboxylic acids is 1.